The second-order valence-corrected chi connectivity index (χ2v) is 4.41. The highest BCUT2D eigenvalue weighted by atomic mass is 15.0. The van der Waals surface area contributed by atoms with Crippen molar-refractivity contribution in [1.29, 1.82) is 0 Å². The van der Waals surface area contributed by atoms with E-state index < -0.39 is 0 Å². The summed E-state index contributed by atoms with van der Waals surface area (Å²) in [4.78, 5) is 4.36. The van der Waals surface area contributed by atoms with Gasteiger partial charge in [0.2, 0.25) is 0 Å². The average molecular weight is 192 g/mol. The van der Waals surface area contributed by atoms with Crippen molar-refractivity contribution in [3.63, 3.8) is 0 Å². The molecule has 14 heavy (non-hydrogen) atoms. The molecule has 2 nitrogen and oxygen atoms in total. The molecule has 1 aromatic rings. The molecule has 0 amide bonds. The summed E-state index contributed by atoms with van der Waals surface area (Å²) < 4.78 is 0. The average Bonchev–Trinajstić information content (AvgIpc) is 2.15. The molecule has 0 atom stereocenters. The van der Waals surface area contributed by atoms with Crippen molar-refractivity contribution in [3.8, 4) is 0 Å². The molecule has 0 aliphatic carbocycles. The Bertz CT molecular complexity index is 262. The van der Waals surface area contributed by atoms with Gasteiger partial charge in [-0.05, 0) is 23.5 Å². The highest BCUT2D eigenvalue weighted by Gasteiger charge is 2.00. The van der Waals surface area contributed by atoms with E-state index in [2.05, 4.69) is 50.1 Å². The summed E-state index contributed by atoms with van der Waals surface area (Å²) in [5.74, 6) is 2.19. The molecule has 0 saturated heterocycles. The molecule has 1 rings (SSSR count). The van der Waals surface area contributed by atoms with Gasteiger partial charge in [0, 0.05) is 12.7 Å². The fourth-order valence-electron chi connectivity index (χ4n) is 1.16. The van der Waals surface area contributed by atoms with Crippen LogP contribution in [0.2, 0.25) is 0 Å². The lowest BCUT2D eigenvalue weighted by Gasteiger charge is -2.09. The molecule has 0 radical (unpaired) electrons. The zero-order valence-electron chi connectivity index (χ0n) is 9.54. The number of hydrogen-bond acceptors (Lipinski definition) is 2. The third kappa shape index (κ3) is 3.36. The molecule has 1 aromatic heterocycles. The lowest BCUT2D eigenvalue weighted by atomic mass is 10.1. The van der Waals surface area contributed by atoms with Gasteiger partial charge in [0.25, 0.3) is 0 Å². The lowest BCUT2D eigenvalue weighted by Crippen LogP contribution is -2.09. The Morgan fingerprint density at radius 3 is 2.36 bits per heavy atom. The fraction of sp³-hybridized carbons (Fsp3) is 0.583. The monoisotopic (exact) mass is 192 g/mol. The zero-order valence-corrected chi connectivity index (χ0v) is 9.54. The molecule has 78 valence electrons. The van der Waals surface area contributed by atoms with Gasteiger partial charge in [-0.3, -0.25) is 0 Å². The van der Waals surface area contributed by atoms with Crippen molar-refractivity contribution in [2.24, 2.45) is 5.92 Å². The molecular formula is C12H20N2. The first-order valence-corrected chi connectivity index (χ1v) is 5.29. The molecule has 1 N–H and O–H groups in total. The molecule has 0 saturated carbocycles. The molecule has 0 bridgehead atoms. The predicted octanol–water partition coefficient (Wildman–Crippen LogP) is 3.27. The summed E-state index contributed by atoms with van der Waals surface area (Å²) in [6.07, 6.45) is 1.95. The second-order valence-electron chi connectivity index (χ2n) is 4.41. The van der Waals surface area contributed by atoms with Crippen LogP contribution in [0.25, 0.3) is 0 Å². The Hall–Kier alpha value is -1.05. The van der Waals surface area contributed by atoms with Crippen molar-refractivity contribution in [2.45, 2.75) is 33.6 Å². The highest BCUT2D eigenvalue weighted by Crippen LogP contribution is 2.14. The number of anilines is 1. The molecule has 0 fully saturated rings. The minimum Gasteiger partial charge on any atom is -0.370 e. The molecule has 0 aliphatic rings. The Kier molecular flexibility index (Phi) is 3.93. The highest BCUT2D eigenvalue weighted by molar-refractivity contribution is 5.36. The van der Waals surface area contributed by atoms with Gasteiger partial charge in [-0.2, -0.15) is 0 Å². The van der Waals surface area contributed by atoms with E-state index in [4.69, 9.17) is 0 Å². The van der Waals surface area contributed by atoms with Crippen LogP contribution in [-0.4, -0.2) is 11.5 Å². The number of pyridine rings is 1. The van der Waals surface area contributed by atoms with E-state index in [0.717, 1.165) is 12.4 Å². The van der Waals surface area contributed by atoms with Crippen LogP contribution < -0.4 is 5.32 Å². The van der Waals surface area contributed by atoms with Gasteiger partial charge >= 0.3 is 0 Å². The van der Waals surface area contributed by atoms with Crippen molar-refractivity contribution in [3.05, 3.63) is 23.9 Å². The Balaban J connectivity index is 2.55. The van der Waals surface area contributed by atoms with Crippen molar-refractivity contribution < 1.29 is 0 Å². The van der Waals surface area contributed by atoms with Crippen LogP contribution in [0.15, 0.2) is 18.3 Å². The van der Waals surface area contributed by atoms with E-state index in [1.165, 1.54) is 5.56 Å². The van der Waals surface area contributed by atoms with Crippen LogP contribution in [0.5, 0.6) is 0 Å². The van der Waals surface area contributed by atoms with Gasteiger partial charge in [0.1, 0.15) is 5.82 Å². The van der Waals surface area contributed by atoms with Crippen LogP contribution in [0.4, 0.5) is 5.82 Å². The maximum atomic E-state index is 4.36. The summed E-state index contributed by atoms with van der Waals surface area (Å²) in [5.41, 5.74) is 1.29. The second kappa shape index (κ2) is 4.99. The third-order valence-corrected chi connectivity index (χ3v) is 2.14. The minimum atomic E-state index is 0.557. The van der Waals surface area contributed by atoms with Gasteiger partial charge in [0.05, 0.1) is 0 Å². The SMILES string of the molecule is CC(C)CNc1ccc(C(C)C)cn1. The normalized spacial score (nSPS) is 11.0. The fourth-order valence-corrected chi connectivity index (χ4v) is 1.16. The molecule has 2 heteroatoms. The van der Waals surface area contributed by atoms with Crippen molar-refractivity contribution in [1.82, 2.24) is 4.98 Å². The molecule has 0 aliphatic heterocycles. The van der Waals surface area contributed by atoms with Gasteiger partial charge in [-0.1, -0.05) is 33.8 Å². The molecule has 0 unspecified atom stereocenters. The number of rotatable bonds is 4. The number of nitrogens with zero attached hydrogens (tertiary/aromatic N) is 1. The van der Waals surface area contributed by atoms with E-state index in [-0.39, 0.29) is 0 Å². The van der Waals surface area contributed by atoms with E-state index in [0.29, 0.717) is 11.8 Å². The standard InChI is InChI=1S/C12H20N2/c1-9(2)7-13-12-6-5-11(8-14-12)10(3)4/h5-6,8-10H,7H2,1-4H3,(H,13,14). The van der Waals surface area contributed by atoms with Gasteiger partial charge in [-0.15, -0.1) is 0 Å². The molecule has 1 heterocycles. The first-order chi connectivity index (χ1) is 6.59. The maximum absolute atomic E-state index is 4.36. The van der Waals surface area contributed by atoms with Crippen LogP contribution in [-0.2, 0) is 0 Å². The lowest BCUT2D eigenvalue weighted by molar-refractivity contribution is 0.687. The third-order valence-electron chi connectivity index (χ3n) is 2.14. The summed E-state index contributed by atoms with van der Waals surface area (Å²) in [6, 6.07) is 4.19. The quantitative estimate of drug-likeness (QED) is 0.792. The maximum Gasteiger partial charge on any atom is 0.125 e. The van der Waals surface area contributed by atoms with Gasteiger partial charge < -0.3 is 5.32 Å². The van der Waals surface area contributed by atoms with Crippen LogP contribution in [0, 0.1) is 5.92 Å². The van der Waals surface area contributed by atoms with E-state index in [9.17, 15) is 0 Å². The summed E-state index contributed by atoms with van der Waals surface area (Å²) in [6.45, 7) is 9.72. The van der Waals surface area contributed by atoms with Crippen molar-refractivity contribution >= 4 is 5.82 Å². The largest absolute Gasteiger partial charge is 0.370 e. The first-order valence-electron chi connectivity index (χ1n) is 5.29. The zero-order chi connectivity index (χ0) is 10.6. The number of nitrogens with one attached hydrogen (secondary N) is 1. The smallest absolute Gasteiger partial charge is 0.125 e. The Morgan fingerprint density at radius 2 is 1.93 bits per heavy atom. The van der Waals surface area contributed by atoms with Gasteiger partial charge in [0.15, 0.2) is 0 Å². The van der Waals surface area contributed by atoms with E-state index >= 15 is 0 Å². The van der Waals surface area contributed by atoms with Crippen LogP contribution >= 0.6 is 0 Å². The Labute approximate surface area is 86.8 Å². The number of hydrogen-bond donors (Lipinski definition) is 1. The Morgan fingerprint density at radius 1 is 1.21 bits per heavy atom. The van der Waals surface area contributed by atoms with Crippen molar-refractivity contribution in [2.75, 3.05) is 11.9 Å². The topological polar surface area (TPSA) is 24.9 Å². The van der Waals surface area contributed by atoms with Crippen LogP contribution in [0.1, 0.15) is 39.2 Å². The molecule has 0 aromatic carbocycles. The summed E-state index contributed by atoms with van der Waals surface area (Å²) in [5, 5.41) is 3.30. The molecular weight excluding hydrogens is 172 g/mol. The summed E-state index contributed by atoms with van der Waals surface area (Å²) >= 11 is 0. The van der Waals surface area contributed by atoms with Crippen LogP contribution in [0.3, 0.4) is 0 Å². The predicted molar refractivity (Wildman–Crippen MR) is 61.7 cm³/mol. The summed E-state index contributed by atoms with van der Waals surface area (Å²) in [7, 11) is 0. The van der Waals surface area contributed by atoms with E-state index in [1.807, 2.05) is 6.20 Å². The van der Waals surface area contributed by atoms with Gasteiger partial charge in [-0.25, -0.2) is 4.98 Å². The number of aromatic nitrogens is 1. The van der Waals surface area contributed by atoms with E-state index in [1.54, 1.807) is 0 Å². The molecule has 0 spiro atoms. The first kappa shape index (κ1) is 11.0. The minimum absolute atomic E-state index is 0.557.